The summed E-state index contributed by atoms with van der Waals surface area (Å²) in [4.78, 5) is 17.0. The van der Waals surface area contributed by atoms with Crippen molar-refractivity contribution in [2.75, 3.05) is 40.3 Å². The van der Waals surface area contributed by atoms with Gasteiger partial charge < -0.3 is 14.5 Å². The number of ether oxygens (including phenoxy) is 1. The van der Waals surface area contributed by atoms with Gasteiger partial charge in [0.15, 0.2) is 5.78 Å². The monoisotopic (exact) mass is 290 g/mol. The van der Waals surface area contributed by atoms with Crippen LogP contribution >= 0.6 is 0 Å². The van der Waals surface area contributed by atoms with Gasteiger partial charge in [0.1, 0.15) is 5.75 Å². The van der Waals surface area contributed by atoms with Gasteiger partial charge in [-0.2, -0.15) is 0 Å². The molecule has 1 aromatic rings. The number of hydrogen-bond donors (Lipinski definition) is 0. The van der Waals surface area contributed by atoms with Crippen LogP contribution in [0, 0.1) is 0 Å². The molecule has 1 aliphatic heterocycles. The molecule has 0 amide bonds. The lowest BCUT2D eigenvalue weighted by Gasteiger charge is -2.37. The minimum absolute atomic E-state index is 0.212. The van der Waals surface area contributed by atoms with Gasteiger partial charge in [0.05, 0.1) is 6.61 Å². The quantitative estimate of drug-likeness (QED) is 0.753. The van der Waals surface area contributed by atoms with Gasteiger partial charge in [0.25, 0.3) is 0 Å². The lowest BCUT2D eigenvalue weighted by atomic mass is 10.0. The first-order valence-electron chi connectivity index (χ1n) is 7.75. The molecule has 0 spiro atoms. The lowest BCUT2D eigenvalue weighted by Crippen LogP contribution is -2.50. The van der Waals surface area contributed by atoms with Crippen molar-refractivity contribution in [3.8, 4) is 5.75 Å². The first-order chi connectivity index (χ1) is 10.1. The molecule has 1 unspecified atom stereocenters. The fraction of sp³-hybridized carbons (Fsp3) is 0.588. The second-order valence-corrected chi connectivity index (χ2v) is 5.90. The molecule has 1 atom stereocenters. The maximum Gasteiger partial charge on any atom is 0.164 e. The van der Waals surface area contributed by atoms with Crippen molar-refractivity contribution >= 4 is 5.78 Å². The van der Waals surface area contributed by atoms with E-state index in [0.29, 0.717) is 19.1 Å². The van der Waals surface area contributed by atoms with Crippen LogP contribution in [0.3, 0.4) is 0 Å². The normalized spacial score (nSPS) is 20.4. The van der Waals surface area contributed by atoms with Gasteiger partial charge in [-0.3, -0.25) is 4.79 Å². The van der Waals surface area contributed by atoms with Crippen LogP contribution in [0.5, 0.6) is 5.75 Å². The molecule has 1 saturated heterocycles. The third-order valence-corrected chi connectivity index (χ3v) is 4.05. The molecule has 0 radical (unpaired) electrons. The van der Waals surface area contributed by atoms with Crippen LogP contribution in [0.1, 0.15) is 30.1 Å². The van der Waals surface area contributed by atoms with Crippen molar-refractivity contribution in [1.29, 1.82) is 0 Å². The van der Waals surface area contributed by atoms with Crippen LogP contribution < -0.4 is 4.74 Å². The molecule has 0 N–H and O–H groups in total. The second kappa shape index (κ2) is 7.57. The molecule has 0 aliphatic carbocycles. The molecule has 1 heterocycles. The summed E-state index contributed by atoms with van der Waals surface area (Å²) in [6.07, 6.45) is 1.57. The van der Waals surface area contributed by atoms with Crippen LogP contribution in [-0.4, -0.2) is 62.0 Å². The third kappa shape index (κ3) is 4.55. The third-order valence-electron chi connectivity index (χ3n) is 4.05. The van der Waals surface area contributed by atoms with E-state index in [4.69, 9.17) is 4.74 Å². The van der Waals surface area contributed by atoms with E-state index in [-0.39, 0.29) is 5.78 Å². The topological polar surface area (TPSA) is 32.8 Å². The predicted molar refractivity (Wildman–Crippen MR) is 85.1 cm³/mol. The van der Waals surface area contributed by atoms with E-state index >= 15 is 0 Å². The summed E-state index contributed by atoms with van der Waals surface area (Å²) >= 11 is 0. The minimum atomic E-state index is 0.212. The highest BCUT2D eigenvalue weighted by molar-refractivity contribution is 5.96. The Hall–Kier alpha value is -1.39. The molecule has 1 aliphatic rings. The summed E-state index contributed by atoms with van der Waals surface area (Å²) in [5, 5.41) is 0. The summed E-state index contributed by atoms with van der Waals surface area (Å²) in [5.74, 6) is 1.05. The van der Waals surface area contributed by atoms with Crippen molar-refractivity contribution in [2.45, 2.75) is 25.8 Å². The van der Waals surface area contributed by atoms with E-state index in [1.54, 1.807) is 0 Å². The molecule has 116 valence electrons. The fourth-order valence-corrected chi connectivity index (χ4v) is 2.61. The number of carbonyl (C=O) groups excluding carboxylic acids is 1. The van der Waals surface area contributed by atoms with Gasteiger partial charge in [-0.25, -0.2) is 0 Å². The van der Waals surface area contributed by atoms with Crippen LogP contribution in [0.25, 0.3) is 0 Å². The Morgan fingerprint density at radius 2 is 1.95 bits per heavy atom. The van der Waals surface area contributed by atoms with Gasteiger partial charge >= 0.3 is 0 Å². The molecular formula is C17H26N2O2. The highest BCUT2D eigenvalue weighted by Crippen LogP contribution is 2.17. The van der Waals surface area contributed by atoms with Crippen molar-refractivity contribution in [1.82, 2.24) is 9.80 Å². The Balaban J connectivity index is 1.93. The average molecular weight is 290 g/mol. The number of ketones is 1. The molecule has 2 rings (SSSR count). The summed E-state index contributed by atoms with van der Waals surface area (Å²) < 4.78 is 5.54. The van der Waals surface area contributed by atoms with E-state index in [1.165, 1.54) is 0 Å². The molecule has 0 saturated carbocycles. The Labute approximate surface area is 127 Å². The first-order valence-corrected chi connectivity index (χ1v) is 7.75. The average Bonchev–Trinajstić information content (AvgIpc) is 2.49. The standard InChI is InChI=1S/C17H26N2O2/c1-4-11-21-16-7-5-14(6-8-16)17(20)12-15-13-18(2)9-10-19(15)3/h5-8,15H,4,9-13H2,1-3H3. The Bertz CT molecular complexity index is 458. The van der Waals surface area contributed by atoms with Crippen LogP contribution in [0.4, 0.5) is 0 Å². The van der Waals surface area contributed by atoms with E-state index in [0.717, 1.165) is 37.4 Å². The van der Waals surface area contributed by atoms with Gasteiger partial charge in [0, 0.05) is 37.7 Å². The van der Waals surface area contributed by atoms with Crippen LogP contribution in [0.15, 0.2) is 24.3 Å². The molecule has 0 bridgehead atoms. The molecule has 1 aromatic carbocycles. The molecule has 1 fully saturated rings. The summed E-state index contributed by atoms with van der Waals surface area (Å²) in [7, 11) is 4.22. The second-order valence-electron chi connectivity index (χ2n) is 5.90. The van der Waals surface area contributed by atoms with Crippen molar-refractivity contribution in [2.24, 2.45) is 0 Å². The maximum absolute atomic E-state index is 12.4. The fourth-order valence-electron chi connectivity index (χ4n) is 2.61. The first kappa shape index (κ1) is 16.0. The Morgan fingerprint density at radius 1 is 1.24 bits per heavy atom. The van der Waals surface area contributed by atoms with Gasteiger partial charge in [-0.05, 0) is 44.8 Å². The molecule has 4 nitrogen and oxygen atoms in total. The smallest absolute Gasteiger partial charge is 0.164 e. The van der Waals surface area contributed by atoms with Gasteiger partial charge in [-0.1, -0.05) is 6.92 Å². The Morgan fingerprint density at radius 3 is 2.62 bits per heavy atom. The molecular weight excluding hydrogens is 264 g/mol. The number of hydrogen-bond acceptors (Lipinski definition) is 4. The highest BCUT2D eigenvalue weighted by Gasteiger charge is 2.24. The summed E-state index contributed by atoms with van der Waals surface area (Å²) in [6, 6.07) is 7.84. The zero-order valence-electron chi connectivity index (χ0n) is 13.3. The van der Waals surface area contributed by atoms with Gasteiger partial charge in [0.2, 0.25) is 0 Å². The number of Topliss-reactive ketones (excluding diaryl/α,β-unsaturated/α-hetero) is 1. The van der Waals surface area contributed by atoms with E-state index in [9.17, 15) is 4.79 Å². The summed E-state index contributed by atoms with van der Waals surface area (Å²) in [5.41, 5.74) is 0.778. The largest absolute Gasteiger partial charge is 0.494 e. The number of piperazine rings is 1. The zero-order chi connectivity index (χ0) is 15.2. The Kier molecular flexibility index (Phi) is 5.76. The molecule has 21 heavy (non-hydrogen) atoms. The number of likely N-dealkylation sites (N-methyl/N-ethyl adjacent to an activating group) is 2. The van der Waals surface area contributed by atoms with Crippen LogP contribution in [-0.2, 0) is 0 Å². The van der Waals surface area contributed by atoms with Crippen molar-refractivity contribution in [3.05, 3.63) is 29.8 Å². The van der Waals surface area contributed by atoms with E-state index < -0.39 is 0 Å². The number of rotatable bonds is 6. The van der Waals surface area contributed by atoms with Crippen molar-refractivity contribution < 1.29 is 9.53 Å². The zero-order valence-corrected chi connectivity index (χ0v) is 13.3. The van der Waals surface area contributed by atoms with E-state index in [2.05, 4.69) is 30.8 Å². The molecule has 4 heteroatoms. The highest BCUT2D eigenvalue weighted by atomic mass is 16.5. The summed E-state index contributed by atoms with van der Waals surface area (Å²) in [6.45, 7) is 5.85. The van der Waals surface area contributed by atoms with Crippen molar-refractivity contribution in [3.63, 3.8) is 0 Å². The minimum Gasteiger partial charge on any atom is -0.494 e. The SMILES string of the molecule is CCCOc1ccc(C(=O)CC2CN(C)CCN2C)cc1. The number of nitrogens with zero attached hydrogens (tertiary/aromatic N) is 2. The molecule has 0 aromatic heterocycles. The number of carbonyl (C=O) groups is 1. The number of benzene rings is 1. The van der Waals surface area contributed by atoms with E-state index in [1.807, 2.05) is 24.3 Å². The van der Waals surface area contributed by atoms with Gasteiger partial charge in [-0.15, -0.1) is 0 Å². The van der Waals surface area contributed by atoms with Crippen LogP contribution in [0.2, 0.25) is 0 Å². The maximum atomic E-state index is 12.4. The lowest BCUT2D eigenvalue weighted by molar-refractivity contribution is 0.0810. The predicted octanol–water partition coefficient (Wildman–Crippen LogP) is 2.29.